The lowest BCUT2D eigenvalue weighted by Gasteiger charge is -2.58. The molecule has 6 N–H and O–H groups in total. The predicted octanol–water partition coefficient (Wildman–Crippen LogP) is 5.45. The van der Waals surface area contributed by atoms with E-state index in [0.717, 1.165) is 36.5 Å². The summed E-state index contributed by atoms with van der Waals surface area (Å²) < 4.78 is 44.6. The molecule has 14 heteroatoms. The lowest BCUT2D eigenvalue weighted by Crippen LogP contribution is -2.59. The van der Waals surface area contributed by atoms with Crippen LogP contribution in [0.2, 0.25) is 0 Å². The van der Waals surface area contributed by atoms with E-state index in [4.69, 9.17) is 23.6 Å². The third kappa shape index (κ3) is 8.15. The molecule has 3 saturated carbocycles. The van der Waals surface area contributed by atoms with E-state index in [-0.39, 0.29) is 5.41 Å². The molecule has 0 aromatic carbocycles. The van der Waals surface area contributed by atoms with Crippen LogP contribution in [-0.2, 0) is 27.4 Å². The van der Waals surface area contributed by atoms with Crippen LogP contribution in [0.1, 0.15) is 105 Å². The number of rotatable bonds is 12. The van der Waals surface area contributed by atoms with E-state index in [2.05, 4.69) is 45.2 Å². The molecule has 1 saturated heterocycles. The molecule has 47 heavy (non-hydrogen) atoms. The molecule has 12 nitrogen and oxygen atoms in total. The molecule has 1 unspecified atom stereocenters. The Bertz CT molecular complexity index is 1220. The largest absolute Gasteiger partial charge is 0.474 e. The van der Waals surface area contributed by atoms with Crippen LogP contribution in [0.3, 0.4) is 0 Å². The molecule has 1 heterocycles. The van der Waals surface area contributed by atoms with Crippen molar-refractivity contribution >= 4 is 15.6 Å². The van der Waals surface area contributed by atoms with E-state index in [1.807, 2.05) is 0 Å². The molecular weight excluding hydrogens is 650 g/mol. The Hall–Kier alpha value is -0.200. The second kappa shape index (κ2) is 14.4. The zero-order valence-electron chi connectivity index (χ0n) is 28.5. The lowest BCUT2D eigenvalue weighted by molar-refractivity contribution is -0.280. The van der Waals surface area contributed by atoms with Crippen molar-refractivity contribution in [3.8, 4) is 0 Å². The fourth-order valence-corrected chi connectivity index (χ4v) is 11.8. The number of phosphoric acid groups is 2. The monoisotopic (exact) mass is 708 g/mol. The number of allylic oxidation sites excluding steroid dienone is 1. The molecule has 14 atom stereocenters. The lowest BCUT2D eigenvalue weighted by atomic mass is 9.47. The van der Waals surface area contributed by atoms with Crippen LogP contribution in [0.5, 0.6) is 0 Å². The second-order valence-corrected chi connectivity index (χ2v) is 18.7. The van der Waals surface area contributed by atoms with Crippen LogP contribution < -0.4 is 0 Å². The topological polar surface area (TPSA) is 192 Å². The van der Waals surface area contributed by atoms with E-state index < -0.39 is 59.1 Å². The highest BCUT2D eigenvalue weighted by Crippen LogP contribution is 2.68. The molecular formula is C33H58O12P2. The Morgan fingerprint density at radius 2 is 1.64 bits per heavy atom. The summed E-state index contributed by atoms with van der Waals surface area (Å²) in [5.41, 5.74) is 1.65. The van der Waals surface area contributed by atoms with Crippen molar-refractivity contribution in [1.82, 2.24) is 0 Å². The minimum absolute atomic E-state index is 0.000365. The summed E-state index contributed by atoms with van der Waals surface area (Å²) in [6, 6.07) is 0. The fraction of sp³-hybridized carbons (Fsp3) is 0.939. The van der Waals surface area contributed by atoms with E-state index in [1.54, 1.807) is 0 Å². The van der Waals surface area contributed by atoms with Crippen molar-refractivity contribution in [2.75, 3.05) is 6.61 Å². The van der Waals surface area contributed by atoms with E-state index >= 15 is 0 Å². The molecule has 0 aromatic heterocycles. The number of fused-ring (bicyclic) bond motifs is 5. The fourth-order valence-electron chi connectivity index (χ4n) is 10.4. The van der Waals surface area contributed by atoms with Gasteiger partial charge in [-0.15, -0.1) is 0 Å². The summed E-state index contributed by atoms with van der Waals surface area (Å²) in [7, 11) is -9.78. The van der Waals surface area contributed by atoms with Crippen LogP contribution in [0.15, 0.2) is 11.6 Å². The molecule has 0 spiro atoms. The Labute approximate surface area is 279 Å². The average Bonchev–Trinajstić information content (AvgIpc) is 3.33. The maximum Gasteiger partial charge on any atom is 0.474 e. The van der Waals surface area contributed by atoms with Gasteiger partial charge in [-0.2, -0.15) is 0 Å². The van der Waals surface area contributed by atoms with Crippen LogP contribution in [0, 0.1) is 46.3 Å². The van der Waals surface area contributed by atoms with Crippen LogP contribution in [0.25, 0.3) is 0 Å². The van der Waals surface area contributed by atoms with Crippen molar-refractivity contribution in [3.05, 3.63) is 11.6 Å². The predicted molar refractivity (Wildman–Crippen MR) is 174 cm³/mol. The summed E-state index contributed by atoms with van der Waals surface area (Å²) in [6.07, 6.45) is 4.58. The first-order chi connectivity index (χ1) is 21.8. The number of aliphatic hydroxyl groups excluding tert-OH is 3. The van der Waals surface area contributed by atoms with Crippen molar-refractivity contribution in [2.24, 2.45) is 46.3 Å². The molecule has 5 rings (SSSR count). The summed E-state index contributed by atoms with van der Waals surface area (Å²) in [5.74, 6) is 4.23. The molecule has 0 bridgehead atoms. The van der Waals surface area contributed by atoms with Gasteiger partial charge in [-0.25, -0.2) is 9.13 Å². The Morgan fingerprint density at radius 1 is 0.915 bits per heavy atom. The van der Waals surface area contributed by atoms with Gasteiger partial charge < -0.3 is 34.7 Å². The molecule has 5 aliphatic rings. The number of phosphoric ester groups is 2. The van der Waals surface area contributed by atoms with Crippen LogP contribution in [-0.4, -0.2) is 73.4 Å². The minimum atomic E-state index is -4.94. The first-order valence-electron chi connectivity index (χ1n) is 17.6. The number of aliphatic hydroxyl groups is 3. The van der Waals surface area contributed by atoms with Gasteiger partial charge in [0.1, 0.15) is 24.4 Å². The smallest absolute Gasteiger partial charge is 0.387 e. The molecule has 4 fully saturated rings. The summed E-state index contributed by atoms with van der Waals surface area (Å²) in [5, 5.41) is 30.7. The van der Waals surface area contributed by atoms with Crippen molar-refractivity contribution < 1.29 is 57.4 Å². The molecule has 0 radical (unpaired) electrons. The summed E-state index contributed by atoms with van der Waals surface area (Å²) >= 11 is 0. The van der Waals surface area contributed by atoms with E-state index in [0.29, 0.717) is 30.1 Å². The van der Waals surface area contributed by atoms with Gasteiger partial charge >= 0.3 is 15.6 Å². The highest BCUT2D eigenvalue weighted by molar-refractivity contribution is 7.47. The van der Waals surface area contributed by atoms with E-state index in [1.165, 1.54) is 50.5 Å². The normalized spacial score (nSPS) is 44.2. The van der Waals surface area contributed by atoms with E-state index in [9.17, 15) is 29.3 Å². The third-order valence-corrected chi connectivity index (χ3v) is 14.4. The van der Waals surface area contributed by atoms with Gasteiger partial charge in [-0.1, -0.05) is 65.5 Å². The molecule has 0 aromatic rings. The highest BCUT2D eigenvalue weighted by Gasteiger charge is 2.59. The number of ether oxygens (including phenoxy) is 1. The van der Waals surface area contributed by atoms with Gasteiger partial charge in [0.25, 0.3) is 0 Å². The van der Waals surface area contributed by atoms with Gasteiger partial charge in [0.15, 0.2) is 6.29 Å². The van der Waals surface area contributed by atoms with Crippen molar-refractivity contribution in [3.63, 3.8) is 0 Å². The Morgan fingerprint density at radius 3 is 2.32 bits per heavy atom. The highest BCUT2D eigenvalue weighted by atomic mass is 31.2. The quantitative estimate of drug-likeness (QED) is 0.111. The summed E-state index contributed by atoms with van der Waals surface area (Å²) in [6.45, 7) is 11.2. The molecule has 0 amide bonds. The van der Waals surface area contributed by atoms with Gasteiger partial charge in [-0.05, 0) is 97.7 Å². The maximum absolute atomic E-state index is 13.1. The first kappa shape index (κ1) is 38.0. The van der Waals surface area contributed by atoms with Gasteiger partial charge in [0.05, 0.1) is 12.7 Å². The molecule has 1 aliphatic heterocycles. The van der Waals surface area contributed by atoms with Gasteiger partial charge in [-0.3, -0.25) is 13.6 Å². The number of hydrogen-bond donors (Lipinski definition) is 6. The van der Waals surface area contributed by atoms with Crippen molar-refractivity contribution in [1.29, 1.82) is 0 Å². The standard InChI is InChI=1S/C33H58O12P2/c1-19(2)7-6-8-20(3)24-11-12-25-23-10-9-21-17-22(13-15-32(21,4)26(23)14-16-33(24,25)5)44-47(40,41)45-31-30(36)29(35)28(34)27(43-31)18-42-46(37,38)39/h9,19-20,22-31,34-36H,6-8,10-18H2,1-5H3,(H,40,41)(H2,37,38,39)/t20-,22+,23+,24-,25+,26+,27-,28+,29+,30-,31-,32+,33-/m1/s1. The SMILES string of the molecule is CC(C)CCC[C@@H](C)[C@H]1CC[C@H]2[C@@H]3CC=C4C[C@@H](OP(=O)(O)O[C@H]5O[C@H](COP(=O)(O)O)[C@H](O)[C@H](O)[C@H]5O)CC[C@]4(C)[C@H]3CC[C@]12C. The number of hydrogen-bond acceptors (Lipinski definition) is 9. The van der Waals surface area contributed by atoms with Crippen molar-refractivity contribution in [2.45, 2.75) is 142 Å². The Kier molecular flexibility index (Phi) is 11.7. The minimum Gasteiger partial charge on any atom is -0.387 e. The van der Waals surface area contributed by atoms with Gasteiger partial charge in [0.2, 0.25) is 0 Å². The van der Waals surface area contributed by atoms with Crippen LogP contribution in [0.4, 0.5) is 0 Å². The Balaban J connectivity index is 1.20. The summed E-state index contributed by atoms with van der Waals surface area (Å²) in [4.78, 5) is 28.6. The maximum atomic E-state index is 13.1. The first-order valence-corrected chi connectivity index (χ1v) is 20.7. The zero-order valence-corrected chi connectivity index (χ0v) is 30.3. The van der Waals surface area contributed by atoms with Crippen LogP contribution >= 0.6 is 15.6 Å². The second-order valence-electron chi connectivity index (χ2n) is 16.1. The third-order valence-electron chi connectivity index (χ3n) is 12.9. The molecule has 4 aliphatic carbocycles. The average molecular weight is 709 g/mol. The molecule has 272 valence electrons. The zero-order chi connectivity index (χ0) is 34.5. The van der Waals surface area contributed by atoms with Gasteiger partial charge in [0, 0.05) is 0 Å².